The van der Waals surface area contributed by atoms with Crippen LogP contribution < -0.4 is 20.9 Å². The van der Waals surface area contributed by atoms with Gasteiger partial charge in [0, 0.05) is 55.9 Å². The zero-order valence-corrected chi connectivity index (χ0v) is 26.3. The highest BCUT2D eigenvalue weighted by atomic mass is 16.6. The van der Waals surface area contributed by atoms with Crippen molar-refractivity contribution in [2.45, 2.75) is 80.3 Å². The molecule has 2 atom stereocenters. The highest BCUT2D eigenvalue weighted by Gasteiger charge is 2.33. The van der Waals surface area contributed by atoms with Gasteiger partial charge in [0.25, 0.3) is 0 Å². The smallest absolute Gasteiger partial charge is 0.328 e. The minimum absolute atomic E-state index is 0.0819. The van der Waals surface area contributed by atoms with Crippen molar-refractivity contribution in [2.24, 2.45) is 16.8 Å². The fourth-order valence-corrected chi connectivity index (χ4v) is 4.98. The molecular weight excluding hydrogens is 518 g/mol. The molecule has 3 rings (SSSR count). The molecule has 3 N–H and O–H groups in total. The third-order valence-corrected chi connectivity index (χ3v) is 6.74. The second-order valence-corrected chi connectivity index (χ2v) is 11.0. The lowest BCUT2D eigenvalue weighted by Gasteiger charge is -2.33. The number of esters is 1. The maximum absolute atomic E-state index is 13.2. The molecule has 0 spiro atoms. The number of ether oxygens (including phenoxy) is 1. The minimum atomic E-state index is -0.518. The molecule has 10 nitrogen and oxygen atoms in total. The number of aliphatic imine (C=N–C) groups is 1. The Morgan fingerprint density at radius 1 is 1.27 bits per heavy atom. The molecule has 0 radical (unpaired) electrons. The highest BCUT2D eigenvalue weighted by Crippen LogP contribution is 2.35. The first-order valence-corrected chi connectivity index (χ1v) is 14.7. The van der Waals surface area contributed by atoms with E-state index in [2.05, 4.69) is 39.0 Å². The van der Waals surface area contributed by atoms with E-state index in [1.54, 1.807) is 30.4 Å². The monoisotopic (exact) mass is 567 g/mol. The van der Waals surface area contributed by atoms with Crippen molar-refractivity contribution < 1.29 is 14.3 Å². The summed E-state index contributed by atoms with van der Waals surface area (Å²) in [5.74, 6) is 0.766. The first-order valence-electron chi connectivity index (χ1n) is 14.7. The van der Waals surface area contributed by atoms with Crippen LogP contribution >= 0.6 is 0 Å². The van der Waals surface area contributed by atoms with Crippen molar-refractivity contribution in [3.8, 4) is 0 Å². The zero-order valence-electron chi connectivity index (χ0n) is 26.3. The number of aromatic nitrogens is 2. The molecule has 0 fully saturated rings. The number of nitrogens with zero attached hydrogens (tertiary/aromatic N) is 5. The number of urea groups is 1. The number of fused-ring (bicyclic) bond motifs is 1. The average molecular weight is 568 g/mol. The molecule has 2 aromatic heterocycles. The van der Waals surface area contributed by atoms with Crippen molar-refractivity contribution in [1.82, 2.24) is 9.97 Å². The molecule has 0 saturated heterocycles. The van der Waals surface area contributed by atoms with E-state index >= 15 is 0 Å². The Balaban J connectivity index is 0.00000287. The number of pyridine rings is 2. The molecule has 2 amide bonds. The van der Waals surface area contributed by atoms with Crippen LogP contribution in [0, 0.1) is 11.8 Å². The zero-order chi connectivity index (χ0) is 30.7. The van der Waals surface area contributed by atoms with Gasteiger partial charge >= 0.3 is 12.0 Å². The molecular formula is C31H49N7O3. The number of rotatable bonds is 10. The van der Waals surface area contributed by atoms with Crippen LogP contribution in [-0.2, 0) is 16.0 Å². The molecule has 2 aromatic rings. The summed E-state index contributed by atoms with van der Waals surface area (Å²) in [7, 11) is 1.66. The summed E-state index contributed by atoms with van der Waals surface area (Å²) < 4.78 is 5.71. The van der Waals surface area contributed by atoms with E-state index in [0.717, 1.165) is 24.2 Å². The second kappa shape index (κ2) is 15.3. The summed E-state index contributed by atoms with van der Waals surface area (Å²) in [5, 5.41) is 2.86. The number of amides is 2. The highest BCUT2D eigenvalue weighted by molar-refractivity contribution is 6.03. The number of anilines is 4. The quantitative estimate of drug-likeness (QED) is 0.268. The van der Waals surface area contributed by atoms with Crippen molar-refractivity contribution in [3.05, 3.63) is 35.7 Å². The van der Waals surface area contributed by atoms with Crippen molar-refractivity contribution in [2.75, 3.05) is 47.5 Å². The number of carbonyl (C=O) groups excluding carboxylic acids is 2. The molecule has 226 valence electrons. The lowest BCUT2D eigenvalue weighted by Crippen LogP contribution is -2.38. The molecule has 0 aromatic carbocycles. The molecule has 41 heavy (non-hydrogen) atoms. The van der Waals surface area contributed by atoms with Gasteiger partial charge < -0.3 is 15.4 Å². The SMILES string of the molecule is CC.CCCN(CC(C)C(CC)C(=O)OC(C)(C)C)c1ccnc2c1CCN2C(=O)Nc1cc(C=NC)c(N)cn1. The molecule has 2 unspecified atom stereocenters. The standard InChI is InChI=1S/C29H43N7O3.C2H6/c1-8-13-35(18-19(3)21(9-2)27(37)39-29(4,5)6)24-10-12-32-26-22(24)11-14-36(26)28(38)34-25-15-20(16-31-7)23(30)17-33-25;1-2/h10,12,15-17,19,21H,8-9,11,13-14,18,30H2,1-7H3,(H,33,34,38);1-2H3. The van der Waals surface area contributed by atoms with Crippen LogP contribution in [0.15, 0.2) is 29.5 Å². The van der Waals surface area contributed by atoms with Gasteiger partial charge in [-0.15, -0.1) is 0 Å². The summed E-state index contributed by atoms with van der Waals surface area (Å²) in [4.78, 5) is 42.9. The lowest BCUT2D eigenvalue weighted by atomic mass is 9.90. The van der Waals surface area contributed by atoms with E-state index in [1.807, 2.05) is 47.6 Å². The molecule has 1 aliphatic rings. The van der Waals surface area contributed by atoms with Gasteiger partial charge in [-0.2, -0.15) is 0 Å². The molecule has 0 saturated carbocycles. The number of hydrogen-bond acceptors (Lipinski definition) is 8. The Hall–Kier alpha value is -3.69. The summed E-state index contributed by atoms with van der Waals surface area (Å²) >= 11 is 0. The summed E-state index contributed by atoms with van der Waals surface area (Å²) in [5.41, 5.74) is 8.68. The molecule has 3 heterocycles. The molecule has 0 aliphatic carbocycles. The minimum Gasteiger partial charge on any atom is -0.460 e. The fraction of sp³-hybridized carbons (Fsp3) is 0.581. The predicted octanol–water partition coefficient (Wildman–Crippen LogP) is 5.95. The topological polar surface area (TPSA) is 126 Å². The van der Waals surface area contributed by atoms with E-state index < -0.39 is 5.60 Å². The first-order chi connectivity index (χ1) is 19.5. The normalized spacial score (nSPS) is 14.1. The summed E-state index contributed by atoms with van der Waals surface area (Å²) in [6, 6.07) is 3.40. The van der Waals surface area contributed by atoms with E-state index in [9.17, 15) is 9.59 Å². The van der Waals surface area contributed by atoms with E-state index in [1.165, 1.54) is 6.20 Å². The third-order valence-electron chi connectivity index (χ3n) is 6.74. The van der Waals surface area contributed by atoms with Gasteiger partial charge in [0.1, 0.15) is 17.2 Å². The molecule has 10 heteroatoms. The van der Waals surface area contributed by atoms with Crippen molar-refractivity contribution in [1.29, 1.82) is 0 Å². The number of nitrogens with one attached hydrogen (secondary N) is 1. The summed E-state index contributed by atoms with van der Waals surface area (Å²) in [6.07, 6.45) is 7.22. The predicted molar refractivity (Wildman–Crippen MR) is 169 cm³/mol. The van der Waals surface area contributed by atoms with Crippen LogP contribution in [0.2, 0.25) is 0 Å². The van der Waals surface area contributed by atoms with Gasteiger partial charge in [0.2, 0.25) is 0 Å². The van der Waals surface area contributed by atoms with Crippen LogP contribution in [-0.4, -0.2) is 60.5 Å². The van der Waals surface area contributed by atoms with Gasteiger partial charge in [-0.25, -0.2) is 14.8 Å². The Morgan fingerprint density at radius 2 is 1.98 bits per heavy atom. The summed E-state index contributed by atoms with van der Waals surface area (Å²) in [6.45, 7) is 18.0. The van der Waals surface area contributed by atoms with Crippen molar-refractivity contribution >= 4 is 41.2 Å². The maximum atomic E-state index is 13.2. The average Bonchev–Trinajstić information content (AvgIpc) is 3.36. The number of hydrogen-bond donors (Lipinski definition) is 2. The number of nitrogen functional groups attached to an aromatic ring is 1. The van der Waals surface area contributed by atoms with Gasteiger partial charge in [-0.05, 0) is 58.1 Å². The van der Waals surface area contributed by atoms with Gasteiger partial charge in [-0.1, -0.05) is 34.6 Å². The lowest BCUT2D eigenvalue weighted by molar-refractivity contribution is -0.161. The number of nitrogens with two attached hydrogens (primary N) is 1. The van der Waals surface area contributed by atoms with Crippen LogP contribution in [0.3, 0.4) is 0 Å². The largest absolute Gasteiger partial charge is 0.460 e. The van der Waals surface area contributed by atoms with Crippen LogP contribution in [0.4, 0.5) is 27.8 Å². The van der Waals surface area contributed by atoms with Crippen LogP contribution in [0.5, 0.6) is 0 Å². The van der Waals surface area contributed by atoms with E-state index in [0.29, 0.717) is 48.8 Å². The van der Waals surface area contributed by atoms with Crippen molar-refractivity contribution in [3.63, 3.8) is 0 Å². The first kappa shape index (κ1) is 33.5. The second-order valence-electron chi connectivity index (χ2n) is 11.0. The molecule has 1 aliphatic heterocycles. The van der Waals surface area contributed by atoms with Gasteiger partial charge in [0.05, 0.1) is 17.8 Å². The number of carbonyl (C=O) groups is 2. The van der Waals surface area contributed by atoms with E-state index in [-0.39, 0.29) is 23.8 Å². The van der Waals surface area contributed by atoms with Gasteiger partial charge in [-0.3, -0.25) is 20.0 Å². The Kier molecular flexibility index (Phi) is 12.5. The third kappa shape index (κ3) is 8.90. The van der Waals surface area contributed by atoms with E-state index in [4.69, 9.17) is 10.5 Å². The maximum Gasteiger partial charge on any atom is 0.328 e. The Morgan fingerprint density at radius 3 is 2.59 bits per heavy atom. The van der Waals surface area contributed by atoms with Gasteiger partial charge in [0.15, 0.2) is 0 Å². The fourth-order valence-electron chi connectivity index (χ4n) is 4.98. The Bertz CT molecular complexity index is 1190. The molecule has 0 bridgehead atoms. The Labute approximate surface area is 245 Å². The van der Waals surface area contributed by atoms with Crippen LogP contribution in [0.25, 0.3) is 0 Å². The van der Waals surface area contributed by atoms with Crippen LogP contribution in [0.1, 0.15) is 79.4 Å².